The summed E-state index contributed by atoms with van der Waals surface area (Å²) >= 11 is 0. The van der Waals surface area contributed by atoms with Crippen molar-refractivity contribution in [3.8, 4) is 5.75 Å². The van der Waals surface area contributed by atoms with Crippen LogP contribution in [0.25, 0.3) is 0 Å². The van der Waals surface area contributed by atoms with E-state index in [1.54, 1.807) is 24.3 Å². The zero-order chi connectivity index (χ0) is 19.2. The average Bonchev–Trinajstić information content (AvgIpc) is 3.16. The van der Waals surface area contributed by atoms with Gasteiger partial charge in [0.2, 0.25) is 0 Å². The molecule has 0 aromatic heterocycles. The van der Waals surface area contributed by atoms with Crippen molar-refractivity contribution >= 4 is 17.5 Å². The first-order valence-corrected chi connectivity index (χ1v) is 9.43. The van der Waals surface area contributed by atoms with Crippen molar-refractivity contribution in [1.82, 2.24) is 5.32 Å². The van der Waals surface area contributed by atoms with Gasteiger partial charge in [-0.1, -0.05) is 37.1 Å². The van der Waals surface area contributed by atoms with Crippen molar-refractivity contribution in [3.05, 3.63) is 59.2 Å². The Morgan fingerprint density at radius 2 is 1.81 bits per heavy atom. The number of anilines is 1. The molecule has 1 aliphatic carbocycles. The Kier molecular flexibility index (Phi) is 6.12. The molecule has 0 spiro atoms. The topological polar surface area (TPSA) is 67.4 Å². The van der Waals surface area contributed by atoms with E-state index in [4.69, 9.17) is 4.74 Å². The van der Waals surface area contributed by atoms with Gasteiger partial charge in [-0.3, -0.25) is 9.59 Å². The van der Waals surface area contributed by atoms with Gasteiger partial charge in [0, 0.05) is 6.04 Å². The molecule has 5 heteroatoms. The van der Waals surface area contributed by atoms with Crippen molar-refractivity contribution in [2.24, 2.45) is 0 Å². The molecule has 5 nitrogen and oxygen atoms in total. The number of benzene rings is 2. The fraction of sp³-hybridized carbons (Fsp3) is 0.364. The predicted molar refractivity (Wildman–Crippen MR) is 106 cm³/mol. The zero-order valence-corrected chi connectivity index (χ0v) is 15.9. The van der Waals surface area contributed by atoms with Crippen LogP contribution >= 0.6 is 0 Å². The summed E-state index contributed by atoms with van der Waals surface area (Å²) in [6.45, 7) is 3.81. The molecule has 0 unspecified atom stereocenters. The minimum absolute atomic E-state index is 0.108. The Balaban J connectivity index is 1.62. The molecular weight excluding hydrogens is 340 g/mol. The minimum Gasteiger partial charge on any atom is -0.483 e. The molecule has 0 bridgehead atoms. The van der Waals surface area contributed by atoms with E-state index in [9.17, 15) is 9.59 Å². The standard InChI is InChI=1S/C22H26N2O3/c1-15-11-12-16(2)20(13-15)27-14-21(25)24-19-10-6-5-9-18(19)22(26)23-17-7-3-4-8-17/h5-6,9-13,17H,3-4,7-8,14H2,1-2H3,(H,23,26)(H,24,25). The number of para-hydroxylation sites is 1. The number of hydrogen-bond acceptors (Lipinski definition) is 3. The fourth-order valence-corrected chi connectivity index (χ4v) is 3.32. The van der Waals surface area contributed by atoms with E-state index in [2.05, 4.69) is 10.6 Å². The van der Waals surface area contributed by atoms with E-state index in [1.165, 1.54) is 0 Å². The summed E-state index contributed by atoms with van der Waals surface area (Å²) in [6.07, 6.45) is 4.34. The van der Waals surface area contributed by atoms with Crippen molar-refractivity contribution in [3.63, 3.8) is 0 Å². The number of rotatable bonds is 6. The van der Waals surface area contributed by atoms with Gasteiger partial charge in [-0.15, -0.1) is 0 Å². The van der Waals surface area contributed by atoms with E-state index < -0.39 is 0 Å². The van der Waals surface area contributed by atoms with Gasteiger partial charge in [0.15, 0.2) is 6.61 Å². The van der Waals surface area contributed by atoms with Crippen molar-refractivity contribution < 1.29 is 14.3 Å². The van der Waals surface area contributed by atoms with Crippen LogP contribution in [0.2, 0.25) is 0 Å². The molecule has 2 aromatic rings. The third-order valence-corrected chi connectivity index (χ3v) is 4.84. The molecule has 0 aliphatic heterocycles. The molecule has 3 rings (SSSR count). The van der Waals surface area contributed by atoms with E-state index in [0.29, 0.717) is 17.0 Å². The number of carbonyl (C=O) groups excluding carboxylic acids is 2. The van der Waals surface area contributed by atoms with E-state index in [0.717, 1.165) is 36.8 Å². The first-order valence-electron chi connectivity index (χ1n) is 9.43. The van der Waals surface area contributed by atoms with Gasteiger partial charge < -0.3 is 15.4 Å². The van der Waals surface area contributed by atoms with E-state index in [1.807, 2.05) is 32.0 Å². The van der Waals surface area contributed by atoms with Gasteiger partial charge in [-0.05, 0) is 56.0 Å². The molecule has 2 aromatic carbocycles. The van der Waals surface area contributed by atoms with Crippen LogP contribution in [0.4, 0.5) is 5.69 Å². The maximum Gasteiger partial charge on any atom is 0.262 e. The maximum atomic E-state index is 12.6. The summed E-state index contributed by atoms with van der Waals surface area (Å²) in [6, 6.07) is 13.2. The number of carbonyl (C=O) groups is 2. The fourth-order valence-electron chi connectivity index (χ4n) is 3.32. The Labute approximate surface area is 160 Å². The van der Waals surface area contributed by atoms with Gasteiger partial charge in [-0.25, -0.2) is 0 Å². The van der Waals surface area contributed by atoms with Crippen LogP contribution < -0.4 is 15.4 Å². The first kappa shape index (κ1) is 19.0. The lowest BCUT2D eigenvalue weighted by Crippen LogP contribution is -2.33. The van der Waals surface area contributed by atoms with E-state index in [-0.39, 0.29) is 24.5 Å². The van der Waals surface area contributed by atoms with Crippen LogP contribution in [0.3, 0.4) is 0 Å². The van der Waals surface area contributed by atoms with Gasteiger partial charge >= 0.3 is 0 Å². The third-order valence-electron chi connectivity index (χ3n) is 4.84. The smallest absolute Gasteiger partial charge is 0.262 e. The average molecular weight is 366 g/mol. The highest BCUT2D eigenvalue weighted by Crippen LogP contribution is 2.21. The number of aryl methyl sites for hydroxylation is 2. The normalized spacial score (nSPS) is 14.0. The molecule has 1 fully saturated rings. The van der Waals surface area contributed by atoms with Crippen LogP contribution in [0.15, 0.2) is 42.5 Å². The zero-order valence-electron chi connectivity index (χ0n) is 15.9. The van der Waals surface area contributed by atoms with Crippen LogP contribution in [0.1, 0.15) is 47.2 Å². The second-order valence-corrected chi connectivity index (χ2v) is 7.11. The maximum absolute atomic E-state index is 12.6. The predicted octanol–water partition coefficient (Wildman–Crippen LogP) is 3.99. The minimum atomic E-state index is -0.294. The van der Waals surface area contributed by atoms with Crippen molar-refractivity contribution in [2.75, 3.05) is 11.9 Å². The first-order chi connectivity index (χ1) is 13.0. The molecule has 1 saturated carbocycles. The molecule has 2 N–H and O–H groups in total. The lowest BCUT2D eigenvalue weighted by atomic mass is 10.1. The molecule has 0 radical (unpaired) electrons. The van der Waals surface area contributed by atoms with Gasteiger partial charge in [0.05, 0.1) is 11.3 Å². The second-order valence-electron chi connectivity index (χ2n) is 7.11. The van der Waals surface area contributed by atoms with Crippen LogP contribution in [0.5, 0.6) is 5.75 Å². The largest absolute Gasteiger partial charge is 0.483 e. The molecule has 0 heterocycles. The molecule has 142 valence electrons. The molecule has 27 heavy (non-hydrogen) atoms. The Morgan fingerprint density at radius 1 is 1.07 bits per heavy atom. The van der Waals surface area contributed by atoms with Gasteiger partial charge in [0.25, 0.3) is 11.8 Å². The number of hydrogen-bond donors (Lipinski definition) is 2. The lowest BCUT2D eigenvalue weighted by Gasteiger charge is -2.15. The SMILES string of the molecule is Cc1ccc(C)c(OCC(=O)Nc2ccccc2C(=O)NC2CCCC2)c1. The van der Waals surface area contributed by atoms with Crippen LogP contribution in [-0.2, 0) is 4.79 Å². The number of ether oxygens (including phenoxy) is 1. The molecule has 2 amide bonds. The molecule has 0 atom stereocenters. The Hall–Kier alpha value is -2.82. The summed E-state index contributed by atoms with van der Waals surface area (Å²) in [5.74, 6) is 0.252. The molecule has 0 saturated heterocycles. The summed E-state index contributed by atoms with van der Waals surface area (Å²) < 4.78 is 5.65. The third kappa shape index (κ3) is 5.09. The summed E-state index contributed by atoms with van der Waals surface area (Å²) in [5, 5.41) is 5.85. The molecule has 1 aliphatic rings. The highest BCUT2D eigenvalue weighted by molar-refractivity contribution is 6.04. The van der Waals surface area contributed by atoms with Crippen LogP contribution in [0, 0.1) is 13.8 Å². The number of amides is 2. The summed E-state index contributed by atoms with van der Waals surface area (Å²) in [5.41, 5.74) is 3.03. The Bertz CT molecular complexity index is 826. The highest BCUT2D eigenvalue weighted by Gasteiger charge is 2.20. The summed E-state index contributed by atoms with van der Waals surface area (Å²) in [7, 11) is 0. The summed E-state index contributed by atoms with van der Waals surface area (Å²) in [4.78, 5) is 24.9. The van der Waals surface area contributed by atoms with Crippen LogP contribution in [-0.4, -0.2) is 24.5 Å². The lowest BCUT2D eigenvalue weighted by molar-refractivity contribution is -0.118. The number of nitrogens with one attached hydrogen (secondary N) is 2. The van der Waals surface area contributed by atoms with E-state index >= 15 is 0 Å². The highest BCUT2D eigenvalue weighted by atomic mass is 16.5. The van der Waals surface area contributed by atoms with Crippen molar-refractivity contribution in [2.45, 2.75) is 45.6 Å². The van der Waals surface area contributed by atoms with Gasteiger partial charge in [0.1, 0.15) is 5.75 Å². The second kappa shape index (κ2) is 8.71. The Morgan fingerprint density at radius 3 is 2.59 bits per heavy atom. The monoisotopic (exact) mass is 366 g/mol. The van der Waals surface area contributed by atoms with Gasteiger partial charge in [-0.2, -0.15) is 0 Å². The quantitative estimate of drug-likeness (QED) is 0.812. The molecular formula is C22H26N2O3. The van der Waals surface area contributed by atoms with Crippen molar-refractivity contribution in [1.29, 1.82) is 0 Å².